The Morgan fingerprint density at radius 2 is 1.91 bits per heavy atom. The predicted molar refractivity (Wildman–Crippen MR) is 86.6 cm³/mol. The maximum Gasteiger partial charge on any atom is 0.290 e. The van der Waals surface area contributed by atoms with E-state index in [0.717, 1.165) is 12.8 Å². The first kappa shape index (κ1) is 14.9. The summed E-state index contributed by atoms with van der Waals surface area (Å²) < 4.78 is 5.34. The van der Waals surface area contributed by atoms with Crippen molar-refractivity contribution in [1.82, 2.24) is 4.90 Å². The highest BCUT2D eigenvalue weighted by Gasteiger charge is 2.28. The van der Waals surface area contributed by atoms with Gasteiger partial charge < -0.3 is 9.32 Å². The molecule has 1 heterocycles. The molecule has 1 aromatic carbocycles. The lowest BCUT2D eigenvalue weighted by Crippen LogP contribution is -2.41. The third-order valence-corrected chi connectivity index (χ3v) is 4.61. The van der Waals surface area contributed by atoms with Gasteiger partial charge in [0.25, 0.3) is 5.91 Å². The van der Waals surface area contributed by atoms with Crippen LogP contribution in [-0.4, -0.2) is 16.8 Å². The molecule has 1 saturated carbocycles. The number of benzene rings is 1. The first-order valence-corrected chi connectivity index (χ1v) is 8.14. The molecule has 2 aromatic rings. The second-order valence-corrected chi connectivity index (χ2v) is 6.13. The molecule has 0 unspecified atom stereocenters. The zero-order chi connectivity index (χ0) is 15.4. The molecular weight excluding hydrogens is 274 g/mol. The number of hydrogen-bond acceptors (Lipinski definition) is 2. The van der Waals surface area contributed by atoms with Gasteiger partial charge in [-0.15, -0.1) is 0 Å². The molecule has 1 aliphatic carbocycles. The van der Waals surface area contributed by atoms with Gasteiger partial charge in [-0.1, -0.05) is 43.5 Å². The van der Waals surface area contributed by atoms with E-state index in [4.69, 9.17) is 4.42 Å². The lowest BCUT2D eigenvalue weighted by atomic mass is 9.93. The summed E-state index contributed by atoms with van der Waals surface area (Å²) >= 11 is 0. The Bertz CT molecular complexity index is 612. The van der Waals surface area contributed by atoms with Crippen molar-refractivity contribution in [3.8, 4) is 0 Å². The molecule has 0 saturated heterocycles. The minimum Gasteiger partial charge on any atom is -0.459 e. The summed E-state index contributed by atoms with van der Waals surface area (Å²) in [5.41, 5.74) is 2.45. The van der Waals surface area contributed by atoms with Crippen LogP contribution in [0.3, 0.4) is 0 Å². The van der Waals surface area contributed by atoms with Crippen molar-refractivity contribution >= 4 is 5.91 Å². The van der Waals surface area contributed by atoms with Gasteiger partial charge in [-0.2, -0.15) is 0 Å². The fourth-order valence-electron chi connectivity index (χ4n) is 3.27. The molecule has 1 aromatic heterocycles. The van der Waals surface area contributed by atoms with Crippen LogP contribution in [0.2, 0.25) is 0 Å². The number of nitrogens with zero attached hydrogens (tertiary/aromatic N) is 1. The number of amides is 1. The normalized spacial score (nSPS) is 15.7. The molecule has 1 amide bonds. The van der Waals surface area contributed by atoms with E-state index < -0.39 is 0 Å². The smallest absolute Gasteiger partial charge is 0.290 e. The van der Waals surface area contributed by atoms with E-state index in [1.807, 2.05) is 17.0 Å². The quantitative estimate of drug-likeness (QED) is 0.828. The molecule has 3 heteroatoms. The molecule has 3 nitrogen and oxygen atoms in total. The van der Waals surface area contributed by atoms with E-state index >= 15 is 0 Å². The van der Waals surface area contributed by atoms with Gasteiger partial charge in [0.15, 0.2) is 5.76 Å². The van der Waals surface area contributed by atoms with E-state index in [2.05, 4.69) is 19.1 Å². The minimum absolute atomic E-state index is 0.0140. The van der Waals surface area contributed by atoms with Gasteiger partial charge in [0.2, 0.25) is 0 Å². The second kappa shape index (κ2) is 6.82. The molecule has 116 valence electrons. The van der Waals surface area contributed by atoms with Crippen LogP contribution >= 0.6 is 0 Å². The first-order chi connectivity index (χ1) is 10.8. The summed E-state index contributed by atoms with van der Waals surface area (Å²) in [5, 5.41) is 0. The average Bonchev–Trinajstić information content (AvgIpc) is 3.09. The van der Waals surface area contributed by atoms with Crippen molar-refractivity contribution in [2.75, 3.05) is 0 Å². The Labute approximate surface area is 131 Å². The van der Waals surface area contributed by atoms with Crippen molar-refractivity contribution < 1.29 is 9.21 Å². The van der Waals surface area contributed by atoms with Gasteiger partial charge in [0.1, 0.15) is 0 Å². The standard InChI is InChI=1S/C19H23NO2/c1-15-8-5-6-9-16(15)14-20(17-10-3-2-4-11-17)19(21)18-12-7-13-22-18/h5-9,12-13,17H,2-4,10-11,14H2,1H3. The Balaban J connectivity index is 1.85. The van der Waals surface area contributed by atoms with Gasteiger partial charge in [-0.25, -0.2) is 0 Å². The summed E-state index contributed by atoms with van der Waals surface area (Å²) in [6.45, 7) is 2.77. The highest BCUT2D eigenvalue weighted by Crippen LogP contribution is 2.26. The van der Waals surface area contributed by atoms with Crippen molar-refractivity contribution in [2.24, 2.45) is 0 Å². The number of rotatable bonds is 4. The van der Waals surface area contributed by atoms with Gasteiger partial charge in [0, 0.05) is 12.6 Å². The van der Waals surface area contributed by atoms with Crippen LogP contribution < -0.4 is 0 Å². The summed E-state index contributed by atoms with van der Waals surface area (Å²) in [6.07, 6.45) is 7.46. The third-order valence-electron chi connectivity index (χ3n) is 4.61. The van der Waals surface area contributed by atoms with E-state index in [9.17, 15) is 4.79 Å². The van der Waals surface area contributed by atoms with E-state index in [0.29, 0.717) is 18.3 Å². The zero-order valence-corrected chi connectivity index (χ0v) is 13.1. The number of furan rings is 1. The van der Waals surface area contributed by atoms with E-state index in [1.54, 1.807) is 18.4 Å². The highest BCUT2D eigenvalue weighted by atomic mass is 16.3. The van der Waals surface area contributed by atoms with Crippen LogP contribution in [0.5, 0.6) is 0 Å². The summed E-state index contributed by atoms with van der Waals surface area (Å²) in [5.74, 6) is 0.458. The fraction of sp³-hybridized carbons (Fsp3) is 0.421. The lowest BCUT2D eigenvalue weighted by molar-refractivity contribution is 0.0581. The van der Waals surface area contributed by atoms with Gasteiger partial charge in [0.05, 0.1) is 6.26 Å². The molecule has 3 rings (SSSR count). The lowest BCUT2D eigenvalue weighted by Gasteiger charge is -2.34. The minimum atomic E-state index is 0.0140. The van der Waals surface area contributed by atoms with Crippen LogP contribution in [0.25, 0.3) is 0 Å². The second-order valence-electron chi connectivity index (χ2n) is 6.13. The molecule has 1 aliphatic rings. The molecule has 22 heavy (non-hydrogen) atoms. The summed E-state index contributed by atoms with van der Waals surface area (Å²) in [6, 6.07) is 12.2. The van der Waals surface area contributed by atoms with Crippen molar-refractivity contribution in [1.29, 1.82) is 0 Å². The van der Waals surface area contributed by atoms with Crippen LogP contribution in [0, 0.1) is 6.92 Å². The van der Waals surface area contributed by atoms with Crippen molar-refractivity contribution in [2.45, 2.75) is 51.6 Å². The van der Waals surface area contributed by atoms with Crippen LogP contribution in [-0.2, 0) is 6.54 Å². The fourth-order valence-corrected chi connectivity index (χ4v) is 3.27. The van der Waals surface area contributed by atoms with Crippen molar-refractivity contribution in [3.05, 3.63) is 59.5 Å². The first-order valence-electron chi connectivity index (χ1n) is 8.14. The number of aryl methyl sites for hydroxylation is 1. The predicted octanol–water partition coefficient (Wildman–Crippen LogP) is 4.56. The van der Waals surface area contributed by atoms with Gasteiger partial charge in [-0.3, -0.25) is 4.79 Å². The number of carbonyl (C=O) groups excluding carboxylic acids is 1. The molecule has 0 radical (unpaired) electrons. The average molecular weight is 297 g/mol. The molecule has 0 aliphatic heterocycles. The van der Waals surface area contributed by atoms with E-state index in [1.165, 1.54) is 30.4 Å². The molecule has 0 N–H and O–H groups in total. The monoisotopic (exact) mass is 297 g/mol. The Morgan fingerprint density at radius 1 is 1.14 bits per heavy atom. The zero-order valence-electron chi connectivity index (χ0n) is 13.1. The maximum atomic E-state index is 12.9. The van der Waals surface area contributed by atoms with Crippen LogP contribution in [0.1, 0.15) is 53.8 Å². The van der Waals surface area contributed by atoms with Crippen LogP contribution in [0.4, 0.5) is 0 Å². The van der Waals surface area contributed by atoms with E-state index in [-0.39, 0.29) is 5.91 Å². The SMILES string of the molecule is Cc1ccccc1CN(C(=O)c1ccco1)C1CCCCC1. The van der Waals surface area contributed by atoms with Gasteiger partial charge >= 0.3 is 0 Å². The summed E-state index contributed by atoms with van der Waals surface area (Å²) in [7, 11) is 0. The molecule has 0 atom stereocenters. The van der Waals surface area contributed by atoms with Gasteiger partial charge in [-0.05, 0) is 43.0 Å². The number of carbonyl (C=O) groups is 1. The van der Waals surface area contributed by atoms with Crippen molar-refractivity contribution in [3.63, 3.8) is 0 Å². The molecule has 0 bridgehead atoms. The third kappa shape index (κ3) is 3.24. The Kier molecular flexibility index (Phi) is 4.62. The molecule has 1 fully saturated rings. The summed E-state index contributed by atoms with van der Waals surface area (Å²) in [4.78, 5) is 14.9. The Hall–Kier alpha value is -2.03. The largest absolute Gasteiger partial charge is 0.459 e. The maximum absolute atomic E-state index is 12.9. The molecule has 0 spiro atoms. The molecular formula is C19H23NO2. The highest BCUT2D eigenvalue weighted by molar-refractivity contribution is 5.91. The Morgan fingerprint density at radius 3 is 2.59 bits per heavy atom. The van der Waals surface area contributed by atoms with Crippen LogP contribution in [0.15, 0.2) is 47.1 Å². The number of hydrogen-bond donors (Lipinski definition) is 0. The topological polar surface area (TPSA) is 33.5 Å².